The Labute approximate surface area is 155 Å². The van der Waals surface area contributed by atoms with Gasteiger partial charge in [-0.15, -0.1) is 0 Å². The number of fused-ring (bicyclic) bond motifs is 1. The lowest BCUT2D eigenvalue weighted by Gasteiger charge is -2.10. The minimum absolute atomic E-state index is 0.414. The van der Waals surface area contributed by atoms with Gasteiger partial charge in [0.2, 0.25) is 5.88 Å². The van der Waals surface area contributed by atoms with Crippen LogP contribution in [0.15, 0.2) is 55.0 Å². The first-order valence-electron chi connectivity index (χ1n) is 7.93. The van der Waals surface area contributed by atoms with Crippen LogP contribution in [0.25, 0.3) is 16.7 Å². The summed E-state index contributed by atoms with van der Waals surface area (Å²) in [6.07, 6.45) is 3.13. The second-order valence-electron chi connectivity index (χ2n) is 5.71. The van der Waals surface area contributed by atoms with Crippen LogP contribution in [-0.2, 0) is 0 Å². The van der Waals surface area contributed by atoms with Gasteiger partial charge in [-0.1, -0.05) is 17.7 Å². The quantitative estimate of drug-likeness (QED) is 0.529. The van der Waals surface area contributed by atoms with E-state index in [0.717, 1.165) is 11.3 Å². The Bertz CT molecular complexity index is 1080. The van der Waals surface area contributed by atoms with Gasteiger partial charge >= 0.3 is 0 Å². The molecule has 2 aromatic carbocycles. The summed E-state index contributed by atoms with van der Waals surface area (Å²) in [7, 11) is 1.61. The van der Waals surface area contributed by atoms with Gasteiger partial charge in [-0.05, 0) is 48.9 Å². The maximum absolute atomic E-state index is 5.99. The van der Waals surface area contributed by atoms with Crippen molar-refractivity contribution in [3.8, 4) is 23.1 Å². The summed E-state index contributed by atoms with van der Waals surface area (Å²) in [5.74, 6) is 1.64. The number of benzene rings is 2. The van der Waals surface area contributed by atoms with E-state index < -0.39 is 0 Å². The molecule has 26 heavy (non-hydrogen) atoms. The summed E-state index contributed by atoms with van der Waals surface area (Å²) in [6, 6.07) is 13.1. The molecule has 0 bridgehead atoms. The first-order chi connectivity index (χ1) is 12.7. The number of halogens is 1. The van der Waals surface area contributed by atoms with Gasteiger partial charge in [0.1, 0.15) is 11.7 Å². The third-order valence-corrected chi connectivity index (χ3v) is 4.18. The van der Waals surface area contributed by atoms with E-state index in [1.807, 2.05) is 37.3 Å². The number of nitrogens with zero attached hydrogens (tertiary/aromatic N) is 4. The van der Waals surface area contributed by atoms with Crippen molar-refractivity contribution in [1.29, 1.82) is 0 Å². The minimum atomic E-state index is 0.414. The zero-order chi connectivity index (χ0) is 18.1. The SMILES string of the molecule is COc1cc(C)ccc1Oc1ncnc2c1cnn2-c1ccc(Cl)cc1. The van der Waals surface area contributed by atoms with Gasteiger partial charge in [-0.3, -0.25) is 0 Å². The van der Waals surface area contributed by atoms with Crippen LogP contribution < -0.4 is 9.47 Å². The molecule has 0 amide bonds. The van der Waals surface area contributed by atoms with E-state index in [1.54, 1.807) is 30.1 Å². The van der Waals surface area contributed by atoms with Crippen LogP contribution in [-0.4, -0.2) is 26.9 Å². The number of aryl methyl sites for hydroxylation is 1. The summed E-state index contributed by atoms with van der Waals surface area (Å²) < 4.78 is 13.1. The molecular formula is C19H15ClN4O2. The summed E-state index contributed by atoms with van der Waals surface area (Å²) >= 11 is 5.96. The van der Waals surface area contributed by atoms with E-state index in [4.69, 9.17) is 21.1 Å². The van der Waals surface area contributed by atoms with Gasteiger partial charge in [0.15, 0.2) is 17.1 Å². The van der Waals surface area contributed by atoms with Crippen LogP contribution in [0, 0.1) is 6.92 Å². The summed E-state index contributed by atoms with van der Waals surface area (Å²) in [6.45, 7) is 1.99. The molecule has 0 saturated heterocycles. The Balaban J connectivity index is 1.77. The molecule has 2 heterocycles. The van der Waals surface area contributed by atoms with Gasteiger partial charge in [0, 0.05) is 5.02 Å². The van der Waals surface area contributed by atoms with Crippen LogP contribution in [0.3, 0.4) is 0 Å². The molecule has 0 atom stereocenters. The van der Waals surface area contributed by atoms with Gasteiger partial charge in [-0.25, -0.2) is 14.6 Å². The van der Waals surface area contributed by atoms with Crippen LogP contribution in [0.4, 0.5) is 0 Å². The number of ether oxygens (including phenoxy) is 2. The molecule has 130 valence electrons. The molecule has 0 fully saturated rings. The number of hydrogen-bond acceptors (Lipinski definition) is 5. The van der Waals surface area contributed by atoms with Crippen molar-refractivity contribution in [3.63, 3.8) is 0 Å². The molecule has 4 aromatic rings. The smallest absolute Gasteiger partial charge is 0.233 e. The van der Waals surface area contributed by atoms with Crippen molar-refractivity contribution in [2.45, 2.75) is 6.92 Å². The van der Waals surface area contributed by atoms with E-state index in [1.165, 1.54) is 6.33 Å². The Morgan fingerprint density at radius 2 is 1.81 bits per heavy atom. The Morgan fingerprint density at radius 3 is 2.58 bits per heavy atom. The third kappa shape index (κ3) is 2.95. The Morgan fingerprint density at radius 1 is 1.00 bits per heavy atom. The number of aromatic nitrogens is 4. The number of rotatable bonds is 4. The molecule has 7 heteroatoms. The fourth-order valence-electron chi connectivity index (χ4n) is 2.64. The molecule has 0 aliphatic carbocycles. The van der Waals surface area contributed by atoms with E-state index in [-0.39, 0.29) is 0 Å². The average Bonchev–Trinajstić information content (AvgIpc) is 3.09. The lowest BCUT2D eigenvalue weighted by atomic mass is 10.2. The Hall–Kier alpha value is -3.12. The van der Waals surface area contributed by atoms with Crippen molar-refractivity contribution in [3.05, 3.63) is 65.6 Å². The molecule has 0 spiro atoms. The highest BCUT2D eigenvalue weighted by molar-refractivity contribution is 6.30. The van der Waals surface area contributed by atoms with E-state index in [0.29, 0.717) is 33.4 Å². The maximum Gasteiger partial charge on any atom is 0.233 e. The van der Waals surface area contributed by atoms with Gasteiger partial charge in [-0.2, -0.15) is 5.10 Å². The molecule has 0 unspecified atom stereocenters. The summed E-state index contributed by atoms with van der Waals surface area (Å²) in [4.78, 5) is 8.60. The van der Waals surface area contributed by atoms with Crippen molar-refractivity contribution >= 4 is 22.6 Å². The lowest BCUT2D eigenvalue weighted by Crippen LogP contribution is -1.98. The Kier molecular flexibility index (Phi) is 4.18. The van der Waals surface area contributed by atoms with Crippen molar-refractivity contribution < 1.29 is 9.47 Å². The zero-order valence-corrected chi connectivity index (χ0v) is 14.9. The maximum atomic E-state index is 5.99. The lowest BCUT2D eigenvalue weighted by molar-refractivity contribution is 0.375. The molecular weight excluding hydrogens is 352 g/mol. The van der Waals surface area contributed by atoms with E-state index >= 15 is 0 Å². The van der Waals surface area contributed by atoms with Gasteiger partial charge in [0.25, 0.3) is 0 Å². The number of hydrogen-bond donors (Lipinski definition) is 0. The topological polar surface area (TPSA) is 62.1 Å². The fraction of sp³-hybridized carbons (Fsp3) is 0.105. The third-order valence-electron chi connectivity index (χ3n) is 3.93. The minimum Gasteiger partial charge on any atom is -0.493 e. The molecule has 2 aromatic heterocycles. The van der Waals surface area contributed by atoms with E-state index in [2.05, 4.69) is 15.1 Å². The van der Waals surface area contributed by atoms with Crippen LogP contribution in [0.5, 0.6) is 17.4 Å². The molecule has 0 aliphatic rings. The highest BCUT2D eigenvalue weighted by atomic mass is 35.5. The van der Waals surface area contributed by atoms with Crippen LogP contribution in [0.1, 0.15) is 5.56 Å². The first-order valence-corrected chi connectivity index (χ1v) is 8.30. The van der Waals surface area contributed by atoms with Crippen molar-refractivity contribution in [2.24, 2.45) is 0 Å². The standard InChI is InChI=1S/C19H15ClN4O2/c1-12-3-8-16(17(9-12)25-2)26-19-15-10-23-24(18(15)21-11-22-19)14-6-4-13(20)5-7-14/h3-11H,1-2H3. The van der Waals surface area contributed by atoms with Gasteiger partial charge in [0.05, 0.1) is 19.0 Å². The average molecular weight is 367 g/mol. The number of methoxy groups -OCH3 is 1. The molecule has 0 saturated carbocycles. The highest BCUT2D eigenvalue weighted by Crippen LogP contribution is 2.34. The fourth-order valence-corrected chi connectivity index (χ4v) is 2.76. The largest absolute Gasteiger partial charge is 0.493 e. The normalized spacial score (nSPS) is 10.9. The molecule has 6 nitrogen and oxygen atoms in total. The first kappa shape index (κ1) is 16.4. The predicted octanol–water partition coefficient (Wildman–Crippen LogP) is 4.58. The predicted molar refractivity (Wildman–Crippen MR) is 99.5 cm³/mol. The molecule has 0 radical (unpaired) electrons. The van der Waals surface area contributed by atoms with Crippen molar-refractivity contribution in [2.75, 3.05) is 7.11 Å². The molecule has 0 N–H and O–H groups in total. The highest BCUT2D eigenvalue weighted by Gasteiger charge is 2.14. The van der Waals surface area contributed by atoms with Gasteiger partial charge < -0.3 is 9.47 Å². The van der Waals surface area contributed by atoms with E-state index in [9.17, 15) is 0 Å². The molecule has 4 rings (SSSR count). The summed E-state index contributed by atoms with van der Waals surface area (Å²) in [5.41, 5.74) is 2.57. The second kappa shape index (κ2) is 6.65. The van der Waals surface area contributed by atoms with Crippen LogP contribution in [0.2, 0.25) is 5.02 Å². The van der Waals surface area contributed by atoms with Crippen LogP contribution >= 0.6 is 11.6 Å². The van der Waals surface area contributed by atoms with Crippen molar-refractivity contribution in [1.82, 2.24) is 19.7 Å². The zero-order valence-electron chi connectivity index (χ0n) is 14.2. The summed E-state index contributed by atoms with van der Waals surface area (Å²) in [5, 5.41) is 5.78. The second-order valence-corrected chi connectivity index (χ2v) is 6.14. The molecule has 0 aliphatic heterocycles. The monoisotopic (exact) mass is 366 g/mol.